The molecule has 0 fully saturated rings. The van der Waals surface area contributed by atoms with E-state index in [4.69, 9.17) is 11.6 Å². The molecule has 1 heterocycles. The maximum atomic E-state index is 13.5. The van der Waals surface area contributed by atoms with Crippen LogP contribution in [0.1, 0.15) is 72.4 Å². The molecule has 0 unspecified atom stereocenters. The summed E-state index contributed by atoms with van der Waals surface area (Å²) in [4.78, 5) is 30.4. The number of carbonyl (C=O) groups is 2. The van der Waals surface area contributed by atoms with Gasteiger partial charge in [0.05, 0.1) is 11.6 Å². The molecule has 2 amide bonds. The van der Waals surface area contributed by atoms with E-state index in [0.717, 1.165) is 24.0 Å². The van der Waals surface area contributed by atoms with Crippen molar-refractivity contribution in [2.24, 2.45) is 5.41 Å². The summed E-state index contributed by atoms with van der Waals surface area (Å²) in [7, 11) is 0. The second-order valence-corrected chi connectivity index (χ2v) is 8.86. The van der Waals surface area contributed by atoms with E-state index in [0.29, 0.717) is 5.56 Å². The summed E-state index contributed by atoms with van der Waals surface area (Å²) in [5, 5.41) is 1.58. The molecule has 2 rings (SSSR count). The Morgan fingerprint density at radius 1 is 1.17 bits per heavy atom. The Balaban J connectivity index is 2.48. The number of hydrazine groups is 1. The molecule has 5 nitrogen and oxygen atoms in total. The molecule has 0 radical (unpaired) electrons. The van der Waals surface area contributed by atoms with E-state index in [1.54, 1.807) is 12.1 Å². The average molecular weight is 416 g/mol. The van der Waals surface area contributed by atoms with Gasteiger partial charge in [0.2, 0.25) is 0 Å². The molecule has 0 bridgehead atoms. The zero-order valence-electron chi connectivity index (χ0n) is 18.0. The number of benzene rings is 1. The van der Waals surface area contributed by atoms with Gasteiger partial charge in [-0.25, -0.2) is 9.99 Å². The Labute approximate surface area is 178 Å². The van der Waals surface area contributed by atoms with E-state index in [1.165, 1.54) is 11.2 Å². The molecule has 1 N–H and O–H groups in total. The van der Waals surface area contributed by atoms with Crippen LogP contribution in [-0.2, 0) is 0 Å². The van der Waals surface area contributed by atoms with Gasteiger partial charge in [0.25, 0.3) is 11.8 Å². The lowest BCUT2D eigenvalue weighted by molar-refractivity contribution is 0.0271. The first-order valence-corrected chi connectivity index (χ1v) is 10.3. The number of aryl methyl sites for hydroxylation is 2. The van der Waals surface area contributed by atoms with Crippen LogP contribution in [0.4, 0.5) is 0 Å². The van der Waals surface area contributed by atoms with Crippen molar-refractivity contribution in [2.45, 2.75) is 60.4 Å². The number of nitrogens with one attached hydrogen (secondary N) is 1. The van der Waals surface area contributed by atoms with Gasteiger partial charge in [0.1, 0.15) is 5.15 Å². The van der Waals surface area contributed by atoms with Gasteiger partial charge in [-0.1, -0.05) is 62.9 Å². The molecule has 0 saturated heterocycles. The first-order valence-electron chi connectivity index (χ1n) is 9.88. The number of carbonyl (C=O) groups excluding carboxylic acids is 2. The molecule has 1 aromatic heterocycles. The van der Waals surface area contributed by atoms with Crippen LogP contribution < -0.4 is 5.43 Å². The van der Waals surface area contributed by atoms with Crippen LogP contribution in [-0.4, -0.2) is 27.8 Å². The van der Waals surface area contributed by atoms with Crippen LogP contribution in [0, 0.1) is 19.3 Å². The highest BCUT2D eigenvalue weighted by Gasteiger charge is 2.35. The molecule has 0 aliphatic heterocycles. The van der Waals surface area contributed by atoms with Crippen LogP contribution in [0.5, 0.6) is 0 Å². The average Bonchev–Trinajstić information content (AvgIpc) is 2.62. The molecule has 2 aromatic rings. The normalized spacial score (nSPS) is 12.4. The fourth-order valence-electron chi connectivity index (χ4n) is 3.46. The Morgan fingerprint density at radius 2 is 1.79 bits per heavy atom. The van der Waals surface area contributed by atoms with Crippen molar-refractivity contribution < 1.29 is 9.59 Å². The van der Waals surface area contributed by atoms with E-state index < -0.39 is 5.91 Å². The maximum absolute atomic E-state index is 13.5. The fraction of sp³-hybridized carbons (Fsp3) is 0.435. The lowest BCUT2D eigenvalue weighted by Gasteiger charge is -2.40. The molecule has 6 heteroatoms. The minimum absolute atomic E-state index is 0.103. The second-order valence-electron chi connectivity index (χ2n) is 8.50. The van der Waals surface area contributed by atoms with E-state index in [9.17, 15) is 9.59 Å². The molecular formula is C23H30ClN3O2. The van der Waals surface area contributed by atoms with Gasteiger partial charge in [0.15, 0.2) is 0 Å². The largest absolute Gasteiger partial charge is 0.273 e. The SMILES string of the molecule is CCC[C@H](N(NC(=O)c1cccnc1Cl)C(=O)c1cc(C)cc(C)c1)C(C)(C)C. The highest BCUT2D eigenvalue weighted by atomic mass is 35.5. The van der Waals surface area contributed by atoms with Gasteiger partial charge in [-0.2, -0.15) is 0 Å². The van der Waals surface area contributed by atoms with Crippen molar-refractivity contribution >= 4 is 23.4 Å². The van der Waals surface area contributed by atoms with Crippen molar-refractivity contribution in [2.75, 3.05) is 0 Å². The molecule has 29 heavy (non-hydrogen) atoms. The monoisotopic (exact) mass is 415 g/mol. The number of hydrogen-bond donors (Lipinski definition) is 1. The van der Waals surface area contributed by atoms with E-state index >= 15 is 0 Å². The summed E-state index contributed by atoms with van der Waals surface area (Å²) < 4.78 is 0. The summed E-state index contributed by atoms with van der Waals surface area (Å²) in [5.74, 6) is -0.690. The summed E-state index contributed by atoms with van der Waals surface area (Å²) in [6.07, 6.45) is 3.15. The van der Waals surface area contributed by atoms with Crippen molar-refractivity contribution in [1.29, 1.82) is 0 Å². The number of nitrogens with zero attached hydrogens (tertiary/aromatic N) is 2. The molecule has 156 valence electrons. The molecule has 0 aliphatic rings. The number of halogens is 1. The van der Waals surface area contributed by atoms with E-state index in [1.807, 2.05) is 32.0 Å². The summed E-state index contributed by atoms with van der Waals surface area (Å²) in [6.45, 7) is 12.2. The zero-order valence-corrected chi connectivity index (χ0v) is 18.8. The number of aromatic nitrogens is 1. The summed E-state index contributed by atoms with van der Waals surface area (Å²) in [5.41, 5.74) is 5.36. The Morgan fingerprint density at radius 3 is 2.31 bits per heavy atom. The highest BCUT2D eigenvalue weighted by molar-refractivity contribution is 6.32. The number of rotatable bonds is 5. The Bertz CT molecular complexity index is 870. The maximum Gasteiger partial charge on any atom is 0.273 e. The van der Waals surface area contributed by atoms with Crippen LogP contribution in [0.2, 0.25) is 5.15 Å². The van der Waals surface area contributed by atoms with Crippen LogP contribution in [0.3, 0.4) is 0 Å². The minimum atomic E-state index is -0.453. The number of amides is 2. The fourth-order valence-corrected chi connectivity index (χ4v) is 3.66. The predicted molar refractivity (Wildman–Crippen MR) is 117 cm³/mol. The van der Waals surface area contributed by atoms with Crippen molar-refractivity contribution in [3.05, 3.63) is 63.9 Å². The van der Waals surface area contributed by atoms with Gasteiger partial charge in [-0.05, 0) is 49.9 Å². The molecular weight excluding hydrogens is 386 g/mol. The summed E-state index contributed by atoms with van der Waals surface area (Å²) in [6, 6.07) is 8.75. The lowest BCUT2D eigenvalue weighted by Crippen LogP contribution is -2.56. The first kappa shape index (κ1) is 22.9. The third-order valence-corrected chi connectivity index (χ3v) is 5.09. The lowest BCUT2D eigenvalue weighted by atomic mass is 9.83. The van der Waals surface area contributed by atoms with Gasteiger partial charge >= 0.3 is 0 Å². The molecule has 0 saturated carbocycles. The molecule has 1 aromatic carbocycles. The number of hydrogen-bond acceptors (Lipinski definition) is 3. The zero-order chi connectivity index (χ0) is 21.8. The molecule has 1 atom stereocenters. The highest BCUT2D eigenvalue weighted by Crippen LogP contribution is 2.29. The standard InChI is InChI=1S/C23H30ClN3O2/c1-7-9-19(23(4,5)6)27(22(29)17-13-15(2)12-16(3)14-17)26-21(28)18-10-8-11-25-20(18)24/h8,10-14,19H,7,9H2,1-6H3,(H,26,28)/t19-/m0/s1. The van der Waals surface area contributed by atoms with Gasteiger partial charge in [-0.15, -0.1) is 0 Å². The third-order valence-electron chi connectivity index (χ3n) is 4.79. The van der Waals surface area contributed by atoms with Crippen LogP contribution >= 0.6 is 11.6 Å². The second kappa shape index (κ2) is 9.40. The van der Waals surface area contributed by atoms with E-state index in [-0.39, 0.29) is 28.1 Å². The smallest absolute Gasteiger partial charge is 0.267 e. The van der Waals surface area contributed by atoms with Crippen molar-refractivity contribution in [3.63, 3.8) is 0 Å². The third kappa shape index (κ3) is 5.80. The van der Waals surface area contributed by atoms with Crippen molar-refractivity contribution in [1.82, 2.24) is 15.4 Å². The summed E-state index contributed by atoms with van der Waals surface area (Å²) >= 11 is 6.10. The Hall–Kier alpha value is -2.40. The van der Waals surface area contributed by atoms with Gasteiger partial charge in [0, 0.05) is 11.8 Å². The van der Waals surface area contributed by atoms with Crippen LogP contribution in [0.25, 0.3) is 0 Å². The van der Waals surface area contributed by atoms with Crippen LogP contribution in [0.15, 0.2) is 36.5 Å². The molecule has 0 spiro atoms. The minimum Gasteiger partial charge on any atom is -0.267 e. The molecule has 0 aliphatic carbocycles. The predicted octanol–water partition coefficient (Wildman–Crippen LogP) is 5.35. The topological polar surface area (TPSA) is 62.3 Å². The first-order chi connectivity index (χ1) is 13.5. The number of pyridine rings is 1. The Kier molecular flexibility index (Phi) is 7.42. The van der Waals surface area contributed by atoms with Gasteiger partial charge in [-0.3, -0.25) is 15.0 Å². The van der Waals surface area contributed by atoms with Gasteiger partial charge < -0.3 is 0 Å². The quantitative estimate of drug-likeness (QED) is 0.528. The van der Waals surface area contributed by atoms with Crippen molar-refractivity contribution in [3.8, 4) is 0 Å². The van der Waals surface area contributed by atoms with E-state index in [2.05, 4.69) is 38.1 Å².